The van der Waals surface area contributed by atoms with Crippen molar-refractivity contribution in [2.75, 3.05) is 26.2 Å². The fraction of sp³-hybridized carbons (Fsp3) is 0.400. The highest BCUT2D eigenvalue weighted by Crippen LogP contribution is 2.21. The summed E-state index contributed by atoms with van der Waals surface area (Å²) in [6.07, 6.45) is 0.439. The van der Waals surface area contributed by atoms with Crippen molar-refractivity contribution in [3.63, 3.8) is 0 Å². The summed E-state index contributed by atoms with van der Waals surface area (Å²) in [5.74, 6) is -0.103. The highest BCUT2D eigenvalue weighted by molar-refractivity contribution is 5.94. The lowest BCUT2D eigenvalue weighted by Gasteiger charge is -2.22. The summed E-state index contributed by atoms with van der Waals surface area (Å²) >= 11 is 0. The molecule has 4 rings (SSSR count). The van der Waals surface area contributed by atoms with Gasteiger partial charge in [0.1, 0.15) is 6.61 Å². The van der Waals surface area contributed by atoms with E-state index in [1.807, 2.05) is 0 Å². The van der Waals surface area contributed by atoms with Gasteiger partial charge in [-0.2, -0.15) is 4.68 Å². The van der Waals surface area contributed by atoms with Gasteiger partial charge in [-0.25, -0.2) is 14.7 Å². The van der Waals surface area contributed by atoms with Crippen molar-refractivity contribution in [2.24, 2.45) is 0 Å². The van der Waals surface area contributed by atoms with Crippen LogP contribution in [0.15, 0.2) is 29.1 Å². The summed E-state index contributed by atoms with van der Waals surface area (Å²) in [5.41, 5.74) is 0.596. The predicted molar refractivity (Wildman–Crippen MR) is 84.3 cm³/mol. The van der Waals surface area contributed by atoms with E-state index in [1.54, 1.807) is 34.1 Å². The molecule has 0 radical (unpaired) electrons. The van der Waals surface area contributed by atoms with Crippen molar-refractivity contribution in [1.82, 2.24) is 30.0 Å². The molecule has 1 N–H and O–H groups in total. The van der Waals surface area contributed by atoms with Crippen molar-refractivity contribution < 1.29 is 14.3 Å². The second-order valence-corrected chi connectivity index (χ2v) is 5.97. The molecule has 2 amide bonds. The minimum atomic E-state index is -0.445. The third kappa shape index (κ3) is 2.75. The van der Waals surface area contributed by atoms with E-state index in [0.717, 1.165) is 11.1 Å². The van der Waals surface area contributed by atoms with E-state index in [4.69, 9.17) is 4.74 Å². The Morgan fingerprint density at radius 2 is 2.00 bits per heavy atom. The summed E-state index contributed by atoms with van der Waals surface area (Å²) in [6, 6.07) is 6.59. The number of tetrazole rings is 1. The monoisotopic (exact) mass is 344 g/mol. The minimum absolute atomic E-state index is 0.00642. The van der Waals surface area contributed by atoms with Crippen LogP contribution in [0.5, 0.6) is 0 Å². The number of hydrogen-bond donors (Lipinski definition) is 1. The maximum absolute atomic E-state index is 12.6. The molecule has 2 fully saturated rings. The number of cyclic esters (lactones) is 1. The summed E-state index contributed by atoms with van der Waals surface area (Å²) in [4.78, 5) is 39.2. The zero-order chi connectivity index (χ0) is 17.4. The largest absolute Gasteiger partial charge is 0.448 e. The van der Waals surface area contributed by atoms with Crippen molar-refractivity contribution >= 4 is 12.0 Å². The maximum Gasteiger partial charge on any atom is 0.410 e. The number of hydrogen-bond acceptors (Lipinski definition) is 6. The second-order valence-electron chi connectivity index (χ2n) is 5.97. The van der Waals surface area contributed by atoms with Gasteiger partial charge in [-0.15, -0.1) is 0 Å². The molecule has 1 aromatic carbocycles. The van der Waals surface area contributed by atoms with Gasteiger partial charge in [0.25, 0.3) is 5.91 Å². The second kappa shape index (κ2) is 6.04. The minimum Gasteiger partial charge on any atom is -0.448 e. The first kappa shape index (κ1) is 15.4. The molecular formula is C15H16N6O4. The Balaban J connectivity index is 1.45. The van der Waals surface area contributed by atoms with E-state index in [-0.39, 0.29) is 18.0 Å². The molecule has 10 nitrogen and oxygen atoms in total. The molecule has 1 aromatic heterocycles. The van der Waals surface area contributed by atoms with E-state index >= 15 is 0 Å². The zero-order valence-electron chi connectivity index (χ0n) is 13.3. The van der Waals surface area contributed by atoms with Gasteiger partial charge >= 0.3 is 11.8 Å². The van der Waals surface area contributed by atoms with Gasteiger partial charge in [-0.05, 0) is 41.1 Å². The van der Waals surface area contributed by atoms with Crippen LogP contribution < -0.4 is 5.69 Å². The molecule has 2 aromatic rings. The molecule has 0 saturated carbocycles. The van der Waals surface area contributed by atoms with Gasteiger partial charge in [0, 0.05) is 18.7 Å². The summed E-state index contributed by atoms with van der Waals surface area (Å²) in [6.45, 7) is 2.08. The number of nitrogens with one attached hydrogen (secondary N) is 1. The number of aromatic nitrogens is 4. The van der Waals surface area contributed by atoms with Gasteiger partial charge in [-0.3, -0.25) is 9.69 Å². The zero-order valence-corrected chi connectivity index (χ0v) is 13.3. The third-order valence-corrected chi connectivity index (χ3v) is 4.51. The van der Waals surface area contributed by atoms with E-state index in [1.165, 1.54) is 0 Å². The number of H-pyrrole nitrogens is 1. The van der Waals surface area contributed by atoms with Crippen LogP contribution in [0.1, 0.15) is 16.8 Å². The van der Waals surface area contributed by atoms with Crippen LogP contribution in [-0.4, -0.2) is 74.3 Å². The Labute approximate surface area is 141 Å². The lowest BCUT2D eigenvalue weighted by atomic mass is 10.2. The molecule has 2 saturated heterocycles. The van der Waals surface area contributed by atoms with Gasteiger partial charge < -0.3 is 9.64 Å². The molecule has 1 atom stereocenters. The highest BCUT2D eigenvalue weighted by atomic mass is 16.6. The van der Waals surface area contributed by atoms with Crippen molar-refractivity contribution in [3.8, 4) is 5.69 Å². The topological polar surface area (TPSA) is 113 Å². The predicted octanol–water partition coefficient (Wildman–Crippen LogP) is -0.378. The fourth-order valence-corrected chi connectivity index (χ4v) is 3.21. The highest BCUT2D eigenvalue weighted by Gasteiger charge is 2.36. The average Bonchev–Trinajstić information content (AvgIpc) is 3.35. The Morgan fingerprint density at radius 3 is 2.64 bits per heavy atom. The van der Waals surface area contributed by atoms with E-state index < -0.39 is 5.69 Å². The quantitative estimate of drug-likeness (QED) is 0.812. The number of ether oxygens (including phenoxy) is 1. The first-order valence-corrected chi connectivity index (χ1v) is 7.97. The molecule has 130 valence electrons. The lowest BCUT2D eigenvalue weighted by Crippen LogP contribution is -2.39. The van der Waals surface area contributed by atoms with Crippen LogP contribution in [0.3, 0.4) is 0 Å². The smallest absolute Gasteiger partial charge is 0.410 e. The lowest BCUT2D eigenvalue weighted by molar-refractivity contribution is 0.0780. The average molecular weight is 344 g/mol. The van der Waals surface area contributed by atoms with Gasteiger partial charge in [0.05, 0.1) is 18.3 Å². The van der Waals surface area contributed by atoms with Crippen molar-refractivity contribution in [2.45, 2.75) is 12.5 Å². The molecular weight excluding hydrogens is 328 g/mol. The van der Waals surface area contributed by atoms with Crippen LogP contribution in [0, 0.1) is 0 Å². The van der Waals surface area contributed by atoms with Crippen molar-refractivity contribution in [3.05, 3.63) is 40.3 Å². The fourth-order valence-electron chi connectivity index (χ4n) is 3.21. The normalized spacial score (nSPS) is 20.2. The standard InChI is InChI=1S/C15H16N6O4/c22-13(19-6-5-12(9-19)20-7-8-25-15(20)24)10-1-3-11(4-2-10)21-14(23)16-17-18-21/h1-4,12H,5-9H2,(H,16,18,23). The molecule has 25 heavy (non-hydrogen) atoms. The Hall–Kier alpha value is -3.17. The molecule has 0 bridgehead atoms. The number of likely N-dealkylation sites (tertiary alicyclic amines) is 1. The first-order chi connectivity index (χ1) is 12.1. The van der Waals surface area contributed by atoms with Gasteiger partial charge in [0.15, 0.2) is 0 Å². The molecule has 0 aliphatic carbocycles. The van der Waals surface area contributed by atoms with Crippen molar-refractivity contribution in [1.29, 1.82) is 0 Å². The van der Waals surface area contributed by atoms with Crippen LogP contribution >= 0.6 is 0 Å². The van der Waals surface area contributed by atoms with E-state index in [9.17, 15) is 14.4 Å². The van der Waals surface area contributed by atoms with Crippen LogP contribution in [-0.2, 0) is 4.74 Å². The Kier molecular flexibility index (Phi) is 3.71. The van der Waals surface area contributed by atoms with Gasteiger partial charge in [0.2, 0.25) is 0 Å². The molecule has 10 heteroatoms. The molecule has 3 heterocycles. The van der Waals surface area contributed by atoms with E-state index in [2.05, 4.69) is 15.5 Å². The summed E-state index contributed by atoms with van der Waals surface area (Å²) < 4.78 is 6.07. The number of aromatic amines is 1. The third-order valence-electron chi connectivity index (χ3n) is 4.51. The Bertz CT molecular complexity index is 857. The summed E-state index contributed by atoms with van der Waals surface area (Å²) in [5, 5.41) is 9.29. The van der Waals surface area contributed by atoms with Crippen LogP contribution in [0.25, 0.3) is 5.69 Å². The summed E-state index contributed by atoms with van der Waals surface area (Å²) in [7, 11) is 0. The number of carbonyl (C=O) groups is 2. The molecule has 0 spiro atoms. The number of benzene rings is 1. The van der Waals surface area contributed by atoms with Crippen LogP contribution in [0.4, 0.5) is 4.79 Å². The SMILES string of the molecule is O=C(c1ccc(-n2nn[nH]c2=O)cc1)N1CCC(N2CCOC2=O)C1. The number of rotatable bonds is 3. The number of amides is 2. The number of carbonyl (C=O) groups excluding carboxylic acids is 2. The van der Waals surface area contributed by atoms with Crippen LogP contribution in [0.2, 0.25) is 0 Å². The molecule has 1 unspecified atom stereocenters. The first-order valence-electron chi connectivity index (χ1n) is 7.97. The molecule has 2 aliphatic heterocycles. The maximum atomic E-state index is 12.6. The van der Waals surface area contributed by atoms with Gasteiger partial charge in [-0.1, -0.05) is 0 Å². The Morgan fingerprint density at radius 1 is 1.20 bits per heavy atom. The number of nitrogens with zero attached hydrogens (tertiary/aromatic N) is 5. The molecule has 2 aliphatic rings. The van der Waals surface area contributed by atoms with E-state index in [0.29, 0.717) is 37.5 Å².